The Labute approximate surface area is 141 Å². The Hall–Kier alpha value is -2.53. The Morgan fingerprint density at radius 3 is 3.04 bits per heavy atom. The fraction of sp³-hybridized carbons (Fsp3) is 0.316. The molecule has 0 spiro atoms. The van der Waals surface area contributed by atoms with Crippen LogP contribution in [-0.4, -0.2) is 25.7 Å². The Morgan fingerprint density at radius 2 is 2.25 bits per heavy atom. The molecule has 126 valence electrons. The van der Waals surface area contributed by atoms with E-state index in [0.29, 0.717) is 26.2 Å². The van der Waals surface area contributed by atoms with Gasteiger partial charge in [0.1, 0.15) is 18.1 Å². The quantitative estimate of drug-likeness (QED) is 0.785. The number of benzene rings is 1. The van der Waals surface area contributed by atoms with Gasteiger partial charge in [0.25, 0.3) is 0 Å². The highest BCUT2D eigenvalue weighted by Gasteiger charge is 2.23. The normalized spacial score (nSPS) is 16.9. The molecule has 0 unspecified atom stereocenters. The lowest BCUT2D eigenvalue weighted by Crippen LogP contribution is -2.22. The molecule has 2 aromatic rings. The van der Waals surface area contributed by atoms with Crippen molar-refractivity contribution in [2.75, 3.05) is 25.1 Å². The molecule has 0 radical (unpaired) electrons. The minimum absolute atomic E-state index is 0.00283. The summed E-state index contributed by atoms with van der Waals surface area (Å²) in [7, 11) is 0. The van der Waals surface area contributed by atoms with Crippen LogP contribution in [0.3, 0.4) is 0 Å². The van der Waals surface area contributed by atoms with Gasteiger partial charge in [-0.15, -0.1) is 0 Å². The summed E-state index contributed by atoms with van der Waals surface area (Å²) in [6.07, 6.45) is 5.97. The second-order valence-electron chi connectivity index (χ2n) is 5.53. The molecule has 1 aliphatic heterocycles. The maximum absolute atomic E-state index is 12.0. The Kier molecular flexibility index (Phi) is 5.33. The fourth-order valence-electron chi connectivity index (χ4n) is 2.70. The Morgan fingerprint density at radius 1 is 1.33 bits per heavy atom. The zero-order chi connectivity index (χ0) is 16.8. The van der Waals surface area contributed by atoms with Crippen LogP contribution in [0.25, 0.3) is 6.08 Å². The van der Waals surface area contributed by atoms with Crippen LogP contribution >= 0.6 is 0 Å². The number of fused-ring (bicyclic) bond motifs is 1. The zero-order valence-electron chi connectivity index (χ0n) is 13.7. The van der Waals surface area contributed by atoms with Gasteiger partial charge < -0.3 is 19.2 Å². The molecule has 1 N–H and O–H groups in total. The first-order valence-electron chi connectivity index (χ1n) is 8.12. The maximum atomic E-state index is 12.0. The number of allylic oxidation sites excluding steroid dienone is 1. The van der Waals surface area contributed by atoms with Crippen LogP contribution in [0.15, 0.2) is 47.1 Å². The standard InChI is InChI=1S/C19H21NO4/c1-2-22-10-11-24-16-7-8-17-14(5-6-15-4-3-9-23-15)12-19(21)20-18(17)13-16/h3-9,13-14H,2,10-12H2,1H3,(H,20,21)/b6-5+/t14-/m0/s1. The summed E-state index contributed by atoms with van der Waals surface area (Å²) in [4.78, 5) is 12.0. The second kappa shape index (κ2) is 7.84. The number of ether oxygens (including phenoxy) is 2. The lowest BCUT2D eigenvalue weighted by Gasteiger charge is -2.24. The summed E-state index contributed by atoms with van der Waals surface area (Å²) in [6.45, 7) is 3.66. The van der Waals surface area contributed by atoms with Gasteiger partial charge in [-0.3, -0.25) is 4.79 Å². The number of furan rings is 1. The van der Waals surface area contributed by atoms with E-state index >= 15 is 0 Å². The number of carbonyl (C=O) groups is 1. The lowest BCUT2D eigenvalue weighted by molar-refractivity contribution is -0.116. The van der Waals surface area contributed by atoms with Crippen molar-refractivity contribution in [1.29, 1.82) is 0 Å². The van der Waals surface area contributed by atoms with Crippen molar-refractivity contribution in [1.82, 2.24) is 0 Å². The van der Waals surface area contributed by atoms with Gasteiger partial charge in [0.15, 0.2) is 0 Å². The topological polar surface area (TPSA) is 60.7 Å². The summed E-state index contributed by atoms with van der Waals surface area (Å²) in [5.41, 5.74) is 1.88. The number of nitrogens with one attached hydrogen (secondary N) is 1. The van der Waals surface area contributed by atoms with Crippen molar-refractivity contribution in [3.63, 3.8) is 0 Å². The SMILES string of the molecule is CCOCCOc1ccc2c(c1)NC(=O)C[C@@H]2/C=C/c1ccco1. The molecular weight excluding hydrogens is 306 g/mol. The number of hydrogen-bond acceptors (Lipinski definition) is 4. The molecule has 3 rings (SSSR count). The zero-order valence-corrected chi connectivity index (χ0v) is 13.7. The highest BCUT2D eigenvalue weighted by molar-refractivity contribution is 5.95. The van der Waals surface area contributed by atoms with Crippen LogP contribution in [0, 0.1) is 0 Å². The smallest absolute Gasteiger partial charge is 0.225 e. The molecule has 1 aromatic heterocycles. The van der Waals surface area contributed by atoms with Gasteiger partial charge >= 0.3 is 0 Å². The van der Waals surface area contributed by atoms with Crippen LogP contribution in [0.5, 0.6) is 5.75 Å². The number of carbonyl (C=O) groups excluding carboxylic acids is 1. The average Bonchev–Trinajstić information content (AvgIpc) is 3.09. The molecule has 1 aromatic carbocycles. The van der Waals surface area contributed by atoms with Gasteiger partial charge in [-0.25, -0.2) is 0 Å². The van der Waals surface area contributed by atoms with E-state index in [1.807, 2.05) is 49.4 Å². The fourth-order valence-corrected chi connectivity index (χ4v) is 2.70. The van der Waals surface area contributed by atoms with E-state index in [2.05, 4.69) is 5.32 Å². The summed E-state index contributed by atoms with van der Waals surface area (Å²) < 4.78 is 16.2. The van der Waals surface area contributed by atoms with E-state index in [1.54, 1.807) is 6.26 Å². The van der Waals surface area contributed by atoms with E-state index in [0.717, 1.165) is 22.8 Å². The first-order chi connectivity index (χ1) is 11.8. The third-order valence-corrected chi connectivity index (χ3v) is 3.84. The predicted octanol–water partition coefficient (Wildman–Crippen LogP) is 3.83. The minimum Gasteiger partial charge on any atom is -0.491 e. The van der Waals surface area contributed by atoms with E-state index < -0.39 is 0 Å². The molecule has 0 saturated carbocycles. The average molecular weight is 327 g/mol. The van der Waals surface area contributed by atoms with Crippen molar-refractivity contribution < 1.29 is 18.7 Å². The van der Waals surface area contributed by atoms with E-state index in [4.69, 9.17) is 13.9 Å². The minimum atomic E-state index is 0.00283. The second-order valence-corrected chi connectivity index (χ2v) is 5.53. The molecule has 0 fully saturated rings. The lowest BCUT2D eigenvalue weighted by atomic mass is 9.90. The number of amides is 1. The van der Waals surface area contributed by atoms with Crippen LogP contribution < -0.4 is 10.1 Å². The number of anilines is 1. The van der Waals surface area contributed by atoms with Gasteiger partial charge in [-0.05, 0) is 36.8 Å². The summed E-state index contributed by atoms with van der Waals surface area (Å²) >= 11 is 0. The Bertz CT molecular complexity index is 706. The monoisotopic (exact) mass is 327 g/mol. The molecule has 1 amide bonds. The van der Waals surface area contributed by atoms with Gasteiger partial charge in [0.05, 0.1) is 12.9 Å². The molecule has 2 heterocycles. The molecular formula is C19H21NO4. The largest absolute Gasteiger partial charge is 0.491 e. The number of rotatable bonds is 7. The molecule has 5 nitrogen and oxygen atoms in total. The van der Waals surface area contributed by atoms with Gasteiger partial charge in [0, 0.05) is 30.7 Å². The first kappa shape index (κ1) is 16.3. The van der Waals surface area contributed by atoms with Crippen molar-refractivity contribution >= 4 is 17.7 Å². The molecule has 0 saturated heterocycles. The molecule has 5 heteroatoms. The van der Waals surface area contributed by atoms with Gasteiger partial charge in [-0.1, -0.05) is 12.1 Å². The first-order valence-corrected chi connectivity index (χ1v) is 8.12. The van der Waals surface area contributed by atoms with Crippen molar-refractivity contribution in [2.45, 2.75) is 19.3 Å². The molecule has 24 heavy (non-hydrogen) atoms. The molecule has 1 atom stereocenters. The van der Waals surface area contributed by atoms with Gasteiger partial charge in [-0.2, -0.15) is 0 Å². The van der Waals surface area contributed by atoms with Crippen LogP contribution in [-0.2, 0) is 9.53 Å². The van der Waals surface area contributed by atoms with Gasteiger partial charge in [0.2, 0.25) is 5.91 Å². The highest BCUT2D eigenvalue weighted by atomic mass is 16.5. The third-order valence-electron chi connectivity index (χ3n) is 3.84. The summed E-state index contributed by atoms with van der Waals surface area (Å²) in [5, 5.41) is 2.92. The Balaban J connectivity index is 1.73. The van der Waals surface area contributed by atoms with Crippen molar-refractivity contribution in [2.24, 2.45) is 0 Å². The van der Waals surface area contributed by atoms with Crippen molar-refractivity contribution in [3.05, 3.63) is 54.0 Å². The third kappa shape index (κ3) is 4.06. The molecule has 0 aliphatic carbocycles. The maximum Gasteiger partial charge on any atom is 0.225 e. The molecule has 1 aliphatic rings. The van der Waals surface area contributed by atoms with Crippen LogP contribution in [0.1, 0.15) is 30.6 Å². The van der Waals surface area contributed by atoms with Crippen LogP contribution in [0.2, 0.25) is 0 Å². The molecule has 0 bridgehead atoms. The predicted molar refractivity (Wildman–Crippen MR) is 92.2 cm³/mol. The van der Waals surface area contributed by atoms with E-state index in [-0.39, 0.29) is 11.8 Å². The highest BCUT2D eigenvalue weighted by Crippen LogP contribution is 2.36. The summed E-state index contributed by atoms with van der Waals surface area (Å²) in [6, 6.07) is 9.52. The van der Waals surface area contributed by atoms with E-state index in [9.17, 15) is 4.79 Å². The number of hydrogen-bond donors (Lipinski definition) is 1. The van der Waals surface area contributed by atoms with E-state index in [1.165, 1.54) is 0 Å². The summed E-state index contributed by atoms with van der Waals surface area (Å²) in [5.74, 6) is 1.53. The van der Waals surface area contributed by atoms with Crippen LogP contribution in [0.4, 0.5) is 5.69 Å². The van der Waals surface area contributed by atoms with Crippen molar-refractivity contribution in [3.8, 4) is 5.75 Å².